The Morgan fingerprint density at radius 2 is 1.97 bits per heavy atom. The zero-order valence-corrected chi connectivity index (χ0v) is 18.3. The Kier molecular flexibility index (Phi) is 7.61. The molecule has 2 heterocycles. The molecule has 0 unspecified atom stereocenters. The first-order valence-corrected chi connectivity index (χ1v) is 11.2. The predicted octanol–water partition coefficient (Wildman–Crippen LogP) is 4.21. The number of ether oxygens (including phenoxy) is 1. The number of hydrogen-bond donors (Lipinski definition) is 2. The molecule has 1 aliphatic rings. The summed E-state index contributed by atoms with van der Waals surface area (Å²) in [7, 11) is 0. The number of nitrogens with zero attached hydrogens (tertiary/aromatic N) is 2. The van der Waals surface area contributed by atoms with E-state index in [4.69, 9.17) is 9.73 Å². The van der Waals surface area contributed by atoms with Crippen molar-refractivity contribution in [1.29, 1.82) is 0 Å². The van der Waals surface area contributed by atoms with Crippen LogP contribution in [0.3, 0.4) is 0 Å². The fourth-order valence-electron chi connectivity index (χ4n) is 3.54. The SMILES string of the molecule is CCNC(=NCc1nc(C(C)C)cs1)NCC1(c2ccc(F)cc2)CCOCC1. The Morgan fingerprint density at radius 1 is 1.24 bits per heavy atom. The van der Waals surface area contributed by atoms with E-state index in [2.05, 4.69) is 41.8 Å². The van der Waals surface area contributed by atoms with Crippen LogP contribution < -0.4 is 10.6 Å². The van der Waals surface area contributed by atoms with Crippen LogP contribution in [0.25, 0.3) is 0 Å². The van der Waals surface area contributed by atoms with E-state index in [9.17, 15) is 4.39 Å². The van der Waals surface area contributed by atoms with Crippen LogP contribution in [-0.2, 0) is 16.7 Å². The molecule has 0 saturated carbocycles. The van der Waals surface area contributed by atoms with Crippen LogP contribution in [0.4, 0.5) is 4.39 Å². The van der Waals surface area contributed by atoms with Gasteiger partial charge in [0.05, 0.1) is 12.2 Å². The lowest BCUT2D eigenvalue weighted by atomic mass is 9.74. The molecule has 0 aliphatic carbocycles. The maximum atomic E-state index is 13.4. The number of aliphatic imine (C=N–C) groups is 1. The van der Waals surface area contributed by atoms with Crippen molar-refractivity contribution in [2.75, 3.05) is 26.3 Å². The summed E-state index contributed by atoms with van der Waals surface area (Å²) in [6, 6.07) is 6.88. The van der Waals surface area contributed by atoms with E-state index < -0.39 is 0 Å². The minimum atomic E-state index is -0.206. The van der Waals surface area contributed by atoms with Crippen LogP contribution >= 0.6 is 11.3 Å². The third-order valence-electron chi connectivity index (χ3n) is 5.38. The first kappa shape index (κ1) is 21.7. The van der Waals surface area contributed by atoms with Crippen molar-refractivity contribution in [3.8, 4) is 0 Å². The normalized spacial score (nSPS) is 16.8. The Bertz CT molecular complexity index is 797. The van der Waals surface area contributed by atoms with Gasteiger partial charge in [-0.15, -0.1) is 11.3 Å². The molecule has 1 aliphatic heterocycles. The van der Waals surface area contributed by atoms with Gasteiger partial charge >= 0.3 is 0 Å². The Hall–Kier alpha value is -1.99. The molecule has 1 fully saturated rings. The molecule has 0 radical (unpaired) electrons. The summed E-state index contributed by atoms with van der Waals surface area (Å²) in [6.07, 6.45) is 1.80. The van der Waals surface area contributed by atoms with Crippen LogP contribution in [0.1, 0.15) is 55.8 Å². The van der Waals surface area contributed by atoms with Crippen LogP contribution in [0.15, 0.2) is 34.6 Å². The number of guanidine groups is 1. The van der Waals surface area contributed by atoms with E-state index in [1.807, 2.05) is 12.1 Å². The third kappa shape index (κ3) is 5.76. The molecule has 3 rings (SSSR count). The Balaban J connectivity index is 1.71. The number of nitrogens with one attached hydrogen (secondary N) is 2. The van der Waals surface area contributed by atoms with E-state index in [1.54, 1.807) is 23.5 Å². The number of hydrogen-bond acceptors (Lipinski definition) is 4. The fraction of sp³-hybridized carbons (Fsp3) is 0.545. The van der Waals surface area contributed by atoms with Gasteiger partial charge in [-0.25, -0.2) is 14.4 Å². The fourth-order valence-corrected chi connectivity index (χ4v) is 4.42. The van der Waals surface area contributed by atoms with E-state index in [0.29, 0.717) is 25.7 Å². The minimum Gasteiger partial charge on any atom is -0.381 e. The third-order valence-corrected chi connectivity index (χ3v) is 6.23. The molecule has 1 saturated heterocycles. The van der Waals surface area contributed by atoms with Crippen molar-refractivity contribution < 1.29 is 9.13 Å². The molecule has 2 N–H and O–H groups in total. The quantitative estimate of drug-likeness (QED) is 0.522. The summed E-state index contributed by atoms with van der Waals surface area (Å²) in [6.45, 7) is 9.85. The van der Waals surface area contributed by atoms with Gasteiger partial charge in [0.15, 0.2) is 5.96 Å². The average molecular weight is 419 g/mol. The summed E-state index contributed by atoms with van der Waals surface area (Å²) in [5.41, 5.74) is 2.18. The van der Waals surface area contributed by atoms with Crippen molar-refractivity contribution in [3.05, 3.63) is 51.7 Å². The smallest absolute Gasteiger partial charge is 0.191 e. The van der Waals surface area contributed by atoms with Gasteiger partial charge in [-0.3, -0.25) is 0 Å². The summed E-state index contributed by atoms with van der Waals surface area (Å²) in [5, 5.41) is 9.97. The van der Waals surface area contributed by atoms with E-state index in [0.717, 1.165) is 48.2 Å². The molecule has 158 valence electrons. The van der Waals surface area contributed by atoms with Crippen molar-refractivity contribution in [3.63, 3.8) is 0 Å². The van der Waals surface area contributed by atoms with Gasteiger partial charge < -0.3 is 15.4 Å². The molecule has 2 aromatic rings. The van der Waals surface area contributed by atoms with Crippen molar-refractivity contribution in [2.24, 2.45) is 4.99 Å². The lowest BCUT2D eigenvalue weighted by Gasteiger charge is -2.38. The first-order valence-electron chi connectivity index (χ1n) is 10.3. The highest BCUT2D eigenvalue weighted by Crippen LogP contribution is 2.34. The molecule has 29 heavy (non-hydrogen) atoms. The molecule has 1 aromatic heterocycles. The van der Waals surface area contributed by atoms with Crippen LogP contribution in [0.5, 0.6) is 0 Å². The van der Waals surface area contributed by atoms with Gasteiger partial charge in [-0.05, 0) is 43.4 Å². The molecule has 0 amide bonds. The van der Waals surface area contributed by atoms with Gasteiger partial charge in [0.25, 0.3) is 0 Å². The highest BCUT2D eigenvalue weighted by atomic mass is 32.1. The van der Waals surface area contributed by atoms with Crippen molar-refractivity contribution in [2.45, 2.75) is 51.5 Å². The van der Waals surface area contributed by atoms with Gasteiger partial charge in [0.1, 0.15) is 10.8 Å². The summed E-state index contributed by atoms with van der Waals surface area (Å²) >= 11 is 1.66. The summed E-state index contributed by atoms with van der Waals surface area (Å²) in [4.78, 5) is 9.40. The standard InChI is InChI=1S/C22H31FN4OS/c1-4-24-21(25-13-20-27-19(14-29-20)16(2)3)26-15-22(9-11-28-12-10-22)17-5-7-18(23)8-6-17/h5-8,14,16H,4,9-13,15H2,1-3H3,(H2,24,25,26). The lowest BCUT2D eigenvalue weighted by molar-refractivity contribution is 0.0513. The molecule has 1 aromatic carbocycles. The van der Waals surface area contributed by atoms with Crippen molar-refractivity contribution >= 4 is 17.3 Å². The maximum Gasteiger partial charge on any atom is 0.191 e. The monoisotopic (exact) mass is 418 g/mol. The highest BCUT2D eigenvalue weighted by molar-refractivity contribution is 7.09. The number of rotatable bonds is 7. The molecule has 0 atom stereocenters. The van der Waals surface area contributed by atoms with E-state index in [1.165, 1.54) is 0 Å². The maximum absolute atomic E-state index is 13.4. The summed E-state index contributed by atoms with van der Waals surface area (Å²) in [5.74, 6) is 1.00. The molecular formula is C22H31FN4OS. The number of aromatic nitrogens is 1. The Morgan fingerprint density at radius 3 is 2.59 bits per heavy atom. The number of halogens is 1. The van der Waals surface area contributed by atoms with Crippen LogP contribution in [-0.4, -0.2) is 37.2 Å². The van der Waals surface area contributed by atoms with Gasteiger partial charge in [-0.2, -0.15) is 0 Å². The zero-order chi connectivity index (χ0) is 20.7. The molecule has 0 bridgehead atoms. The first-order chi connectivity index (χ1) is 14.0. The zero-order valence-electron chi connectivity index (χ0n) is 17.5. The van der Waals surface area contributed by atoms with E-state index in [-0.39, 0.29) is 11.2 Å². The topological polar surface area (TPSA) is 58.5 Å². The second-order valence-electron chi connectivity index (χ2n) is 7.77. The van der Waals surface area contributed by atoms with E-state index >= 15 is 0 Å². The highest BCUT2D eigenvalue weighted by Gasteiger charge is 2.34. The minimum absolute atomic E-state index is 0.0892. The number of benzene rings is 1. The molecule has 5 nitrogen and oxygen atoms in total. The van der Waals surface area contributed by atoms with Gasteiger partial charge in [-0.1, -0.05) is 26.0 Å². The predicted molar refractivity (Wildman–Crippen MR) is 117 cm³/mol. The lowest BCUT2D eigenvalue weighted by Crippen LogP contribution is -2.48. The van der Waals surface area contributed by atoms with Crippen LogP contribution in [0.2, 0.25) is 0 Å². The summed E-state index contributed by atoms with van der Waals surface area (Å²) < 4.78 is 19.0. The second-order valence-corrected chi connectivity index (χ2v) is 8.71. The molecule has 7 heteroatoms. The number of thiazole rings is 1. The molecular weight excluding hydrogens is 387 g/mol. The van der Waals surface area contributed by atoms with Crippen LogP contribution in [0, 0.1) is 5.82 Å². The molecule has 0 spiro atoms. The largest absolute Gasteiger partial charge is 0.381 e. The van der Waals surface area contributed by atoms with Crippen molar-refractivity contribution in [1.82, 2.24) is 15.6 Å². The second kappa shape index (κ2) is 10.2. The average Bonchev–Trinajstić information content (AvgIpc) is 3.21. The van der Waals surface area contributed by atoms with Gasteiger partial charge in [0, 0.05) is 37.1 Å². The Labute approximate surface area is 176 Å². The van der Waals surface area contributed by atoms with Gasteiger partial charge in [0.2, 0.25) is 0 Å².